The van der Waals surface area contributed by atoms with E-state index in [1.54, 1.807) is 32.9 Å². The summed E-state index contributed by atoms with van der Waals surface area (Å²) in [5.74, 6) is -1.95. The summed E-state index contributed by atoms with van der Waals surface area (Å²) < 4.78 is 23.4. The first kappa shape index (κ1) is 23.2. The first-order valence-corrected chi connectivity index (χ1v) is 9.39. The maximum atomic E-state index is 13.1. The van der Waals surface area contributed by atoms with Crippen LogP contribution < -0.4 is 10.6 Å². The molecule has 0 heterocycles. The Kier molecular flexibility index (Phi) is 7.39. The third-order valence-corrected chi connectivity index (χ3v) is 3.90. The van der Waals surface area contributed by atoms with Gasteiger partial charge in [0.15, 0.2) is 6.10 Å². The molecule has 1 atom stereocenters. The Labute approximate surface area is 178 Å². The minimum absolute atomic E-state index is 0.0165. The molecule has 2 aromatic carbocycles. The molecule has 0 spiro atoms. The number of carbonyl (C=O) groups excluding carboxylic acids is 3. The fourth-order valence-electron chi connectivity index (χ4n) is 2.25. The maximum Gasteiger partial charge on any atom is 0.412 e. The molecule has 9 heteroatoms. The van der Waals surface area contributed by atoms with Crippen molar-refractivity contribution in [2.45, 2.75) is 39.4 Å². The van der Waals surface area contributed by atoms with E-state index in [0.717, 1.165) is 12.1 Å². The molecule has 7 nitrogen and oxygen atoms in total. The Hall–Kier alpha value is -3.13. The summed E-state index contributed by atoms with van der Waals surface area (Å²) in [6.07, 6.45) is -1.82. The smallest absolute Gasteiger partial charge is 0.412 e. The monoisotopic (exact) mass is 436 g/mol. The minimum atomic E-state index is -1.15. The fraction of sp³-hybridized carbons (Fsp3) is 0.286. The van der Waals surface area contributed by atoms with Crippen LogP contribution in [0.2, 0.25) is 5.02 Å². The van der Waals surface area contributed by atoms with Gasteiger partial charge in [-0.1, -0.05) is 17.7 Å². The summed E-state index contributed by atoms with van der Waals surface area (Å²) in [5, 5.41) is 5.00. The SMILES string of the molecule is CC(OC(=O)c1cccc(NC(=O)OC(C)(C)C)c1)C(=O)Nc1ccc(F)cc1Cl. The van der Waals surface area contributed by atoms with E-state index in [4.69, 9.17) is 21.1 Å². The van der Waals surface area contributed by atoms with Gasteiger partial charge in [-0.25, -0.2) is 14.0 Å². The topological polar surface area (TPSA) is 93.7 Å². The van der Waals surface area contributed by atoms with Gasteiger partial charge in [0.25, 0.3) is 5.91 Å². The average molecular weight is 437 g/mol. The third kappa shape index (κ3) is 7.04. The fourth-order valence-corrected chi connectivity index (χ4v) is 2.47. The maximum absolute atomic E-state index is 13.1. The number of anilines is 2. The third-order valence-electron chi connectivity index (χ3n) is 3.59. The highest BCUT2D eigenvalue weighted by atomic mass is 35.5. The predicted molar refractivity (Wildman–Crippen MR) is 111 cm³/mol. The van der Waals surface area contributed by atoms with Crippen LogP contribution in [0.3, 0.4) is 0 Å². The number of halogens is 2. The van der Waals surface area contributed by atoms with Gasteiger partial charge in [0.2, 0.25) is 0 Å². The lowest BCUT2D eigenvalue weighted by molar-refractivity contribution is -0.123. The first-order chi connectivity index (χ1) is 13.9. The predicted octanol–water partition coefficient (Wildman–Crippen LogP) is 5.01. The van der Waals surface area contributed by atoms with Gasteiger partial charge in [-0.2, -0.15) is 0 Å². The quantitative estimate of drug-likeness (QED) is 0.642. The molecule has 0 radical (unpaired) electrons. The summed E-state index contributed by atoms with van der Waals surface area (Å²) in [6, 6.07) is 9.49. The molecule has 2 amide bonds. The molecule has 0 aromatic heterocycles. The average Bonchev–Trinajstić information content (AvgIpc) is 2.62. The van der Waals surface area contributed by atoms with Crippen LogP contribution in [0.4, 0.5) is 20.6 Å². The van der Waals surface area contributed by atoms with Gasteiger partial charge in [0.1, 0.15) is 11.4 Å². The number of rotatable bonds is 5. The second kappa shape index (κ2) is 9.58. The van der Waals surface area contributed by atoms with E-state index in [0.29, 0.717) is 5.69 Å². The van der Waals surface area contributed by atoms with Gasteiger partial charge in [0.05, 0.1) is 16.3 Å². The molecule has 0 bridgehead atoms. The van der Waals surface area contributed by atoms with Gasteiger partial charge in [-0.05, 0) is 64.1 Å². The molecule has 2 rings (SSSR count). The molecule has 2 N–H and O–H groups in total. The van der Waals surface area contributed by atoms with E-state index >= 15 is 0 Å². The van der Waals surface area contributed by atoms with E-state index < -0.39 is 35.5 Å². The zero-order chi connectivity index (χ0) is 22.5. The molecule has 0 saturated carbocycles. The molecule has 0 aliphatic carbocycles. The summed E-state index contributed by atoms with van der Waals surface area (Å²) in [6.45, 7) is 6.57. The molecular formula is C21H22ClFN2O5. The lowest BCUT2D eigenvalue weighted by atomic mass is 10.2. The molecular weight excluding hydrogens is 415 g/mol. The van der Waals surface area contributed by atoms with Crippen molar-refractivity contribution in [3.63, 3.8) is 0 Å². The van der Waals surface area contributed by atoms with Crippen LogP contribution in [-0.4, -0.2) is 29.7 Å². The molecule has 2 aromatic rings. The highest BCUT2D eigenvalue weighted by Gasteiger charge is 2.21. The van der Waals surface area contributed by atoms with Crippen molar-refractivity contribution in [2.24, 2.45) is 0 Å². The van der Waals surface area contributed by atoms with Crippen LogP contribution in [0.1, 0.15) is 38.1 Å². The number of amides is 2. The molecule has 0 fully saturated rings. The van der Waals surface area contributed by atoms with Gasteiger partial charge in [-0.15, -0.1) is 0 Å². The number of hydrogen-bond donors (Lipinski definition) is 2. The van der Waals surface area contributed by atoms with Crippen LogP contribution in [0.5, 0.6) is 0 Å². The second-order valence-electron chi connectivity index (χ2n) is 7.37. The zero-order valence-electron chi connectivity index (χ0n) is 16.9. The van der Waals surface area contributed by atoms with Crippen LogP contribution in [-0.2, 0) is 14.3 Å². The summed E-state index contributed by atoms with van der Waals surface area (Å²) in [7, 11) is 0. The van der Waals surface area contributed by atoms with Crippen molar-refractivity contribution in [2.75, 3.05) is 10.6 Å². The Balaban J connectivity index is 1.99. The van der Waals surface area contributed by atoms with Crippen LogP contribution in [0.15, 0.2) is 42.5 Å². The Morgan fingerprint density at radius 1 is 1.07 bits per heavy atom. The summed E-state index contributed by atoms with van der Waals surface area (Å²) in [5.41, 5.74) is -0.0249. The van der Waals surface area contributed by atoms with E-state index in [1.165, 1.54) is 25.1 Å². The van der Waals surface area contributed by atoms with Gasteiger partial charge in [-0.3, -0.25) is 10.1 Å². The highest BCUT2D eigenvalue weighted by Crippen LogP contribution is 2.23. The van der Waals surface area contributed by atoms with Gasteiger partial charge in [0, 0.05) is 5.69 Å². The van der Waals surface area contributed by atoms with Crippen molar-refractivity contribution in [1.29, 1.82) is 0 Å². The molecule has 30 heavy (non-hydrogen) atoms. The van der Waals surface area contributed by atoms with E-state index in [9.17, 15) is 18.8 Å². The van der Waals surface area contributed by atoms with Crippen LogP contribution in [0, 0.1) is 5.82 Å². The largest absolute Gasteiger partial charge is 0.449 e. The Morgan fingerprint density at radius 3 is 2.40 bits per heavy atom. The number of nitrogens with one attached hydrogen (secondary N) is 2. The van der Waals surface area contributed by atoms with E-state index in [2.05, 4.69) is 10.6 Å². The normalized spacial score (nSPS) is 11.9. The lowest BCUT2D eigenvalue weighted by Crippen LogP contribution is -2.30. The summed E-state index contributed by atoms with van der Waals surface area (Å²) >= 11 is 5.87. The number of ether oxygens (including phenoxy) is 2. The van der Waals surface area contributed by atoms with Gasteiger partial charge < -0.3 is 14.8 Å². The van der Waals surface area contributed by atoms with Crippen molar-refractivity contribution >= 4 is 40.9 Å². The first-order valence-electron chi connectivity index (χ1n) is 9.01. The van der Waals surface area contributed by atoms with Crippen molar-refractivity contribution in [1.82, 2.24) is 0 Å². The molecule has 0 saturated heterocycles. The molecule has 0 aliphatic rings. The zero-order valence-corrected chi connectivity index (χ0v) is 17.7. The van der Waals surface area contributed by atoms with Crippen LogP contribution >= 0.6 is 11.6 Å². The number of carbonyl (C=O) groups is 3. The second-order valence-corrected chi connectivity index (χ2v) is 7.78. The van der Waals surface area contributed by atoms with E-state index in [1.807, 2.05) is 0 Å². The van der Waals surface area contributed by atoms with Crippen LogP contribution in [0.25, 0.3) is 0 Å². The molecule has 160 valence electrons. The Morgan fingerprint density at radius 2 is 1.77 bits per heavy atom. The number of benzene rings is 2. The standard InChI is InChI=1S/C21H22ClFN2O5/c1-12(18(26)25-17-9-8-14(23)11-16(17)22)29-19(27)13-6-5-7-15(10-13)24-20(28)30-21(2,3)4/h5-12H,1-4H3,(H,24,28)(H,25,26). The highest BCUT2D eigenvalue weighted by molar-refractivity contribution is 6.33. The van der Waals surface area contributed by atoms with Crippen molar-refractivity contribution in [3.8, 4) is 0 Å². The Bertz CT molecular complexity index is 959. The lowest BCUT2D eigenvalue weighted by Gasteiger charge is -2.19. The van der Waals surface area contributed by atoms with Crippen molar-refractivity contribution < 1.29 is 28.2 Å². The number of hydrogen-bond acceptors (Lipinski definition) is 5. The molecule has 0 aliphatic heterocycles. The van der Waals surface area contributed by atoms with Gasteiger partial charge >= 0.3 is 12.1 Å². The van der Waals surface area contributed by atoms with E-state index in [-0.39, 0.29) is 16.3 Å². The van der Waals surface area contributed by atoms with Crippen molar-refractivity contribution in [3.05, 3.63) is 58.9 Å². The summed E-state index contributed by atoms with van der Waals surface area (Å²) in [4.78, 5) is 36.5. The minimum Gasteiger partial charge on any atom is -0.449 e. The molecule has 1 unspecified atom stereocenters. The number of esters is 1.